The third-order valence-electron chi connectivity index (χ3n) is 13.0. The molecule has 0 spiro atoms. The second-order valence-electron chi connectivity index (χ2n) is 21.1. The van der Waals surface area contributed by atoms with Gasteiger partial charge in [0.05, 0.1) is 28.1 Å². The Morgan fingerprint density at radius 1 is 0.389 bits per heavy atom. The third-order valence-corrected chi connectivity index (χ3v) is 13.0. The number of nitrogens with zero attached hydrogens (tertiary/aromatic N) is 1. The Hall–Kier alpha value is -9.53. The lowest BCUT2D eigenvalue weighted by Crippen LogP contribution is -2.32. The van der Waals surface area contributed by atoms with Gasteiger partial charge in [-0.3, -0.25) is 36.1 Å². The first kappa shape index (κ1) is 81.6. The molecule has 23 nitrogen and oxygen atoms in total. The molecule has 0 aliphatic heterocycles. The molecule has 23 heteroatoms. The number of unbranched alkanes of at least 4 members (excludes halogenated alkanes) is 1. The summed E-state index contributed by atoms with van der Waals surface area (Å²) in [6.45, 7) is 12.3. The molecule has 2 amide bonds. The van der Waals surface area contributed by atoms with Crippen molar-refractivity contribution >= 4 is 53.7 Å². The van der Waals surface area contributed by atoms with E-state index in [0.717, 1.165) is 66.0 Å². The molecule has 0 unspecified atom stereocenters. The fourth-order valence-electron chi connectivity index (χ4n) is 8.46. The van der Waals surface area contributed by atoms with E-state index in [2.05, 4.69) is 54.3 Å². The van der Waals surface area contributed by atoms with Crippen LogP contribution in [0.25, 0.3) is 0 Å². The summed E-state index contributed by atoms with van der Waals surface area (Å²) >= 11 is 0. The molecular weight excluding hydrogens is 1220 g/mol. The number of carboxylic acids is 3. The van der Waals surface area contributed by atoms with Crippen LogP contribution in [0.4, 0.5) is 11.4 Å². The number of anilines is 2. The number of aromatic carboxylic acids is 3. The van der Waals surface area contributed by atoms with Crippen LogP contribution in [0.3, 0.4) is 0 Å². The van der Waals surface area contributed by atoms with Crippen LogP contribution in [0.1, 0.15) is 150 Å². The number of methoxy groups -OCH3 is 8. The molecule has 0 fully saturated rings. The van der Waals surface area contributed by atoms with E-state index < -0.39 is 43.1 Å². The van der Waals surface area contributed by atoms with Gasteiger partial charge in [-0.15, -0.1) is 0 Å². The van der Waals surface area contributed by atoms with Gasteiger partial charge < -0.3 is 62.9 Å². The summed E-state index contributed by atoms with van der Waals surface area (Å²) in [6.07, 6.45) is 1.65. The molecule has 0 heterocycles. The molecular formula is C72H91N5O18. The van der Waals surface area contributed by atoms with E-state index in [-0.39, 0.29) is 28.5 Å². The number of para-hydroxylation sites is 2. The molecule has 512 valence electrons. The Balaban J connectivity index is 0.000000394. The number of carbonyl (C=O) groups excluding carboxylic acids is 4. The third kappa shape index (κ3) is 32.2. The molecule has 0 aromatic heterocycles. The molecule has 0 bridgehead atoms. The highest BCUT2D eigenvalue weighted by Crippen LogP contribution is 2.21. The number of rotatable bonds is 30. The number of aldehydes is 2. The van der Waals surface area contributed by atoms with Crippen LogP contribution < -0.4 is 21.7 Å². The Morgan fingerprint density at radius 3 is 0.884 bits per heavy atom. The van der Waals surface area contributed by atoms with Gasteiger partial charge in [0.15, 0.2) is 25.2 Å². The predicted octanol–water partition coefficient (Wildman–Crippen LogP) is 12.6. The minimum atomic E-state index is -0.984. The van der Waals surface area contributed by atoms with Crippen molar-refractivity contribution in [3.8, 4) is 0 Å². The quantitative estimate of drug-likeness (QED) is 0.00952. The van der Waals surface area contributed by atoms with Gasteiger partial charge in [0.1, 0.15) is 12.6 Å². The molecule has 0 atom stereocenters. The Labute approximate surface area is 556 Å². The maximum absolute atomic E-state index is 12.0. The van der Waals surface area contributed by atoms with Crippen LogP contribution in [0.5, 0.6) is 0 Å². The van der Waals surface area contributed by atoms with Gasteiger partial charge in [0, 0.05) is 115 Å². The lowest BCUT2D eigenvalue weighted by atomic mass is 10.1. The second kappa shape index (κ2) is 47.4. The highest BCUT2D eigenvalue weighted by Gasteiger charge is 2.15. The second-order valence-corrected chi connectivity index (χ2v) is 21.1. The summed E-state index contributed by atoms with van der Waals surface area (Å²) in [4.78, 5) is 78.3. The zero-order valence-electron chi connectivity index (χ0n) is 55.9. The van der Waals surface area contributed by atoms with E-state index in [1.807, 2.05) is 60.7 Å². The van der Waals surface area contributed by atoms with E-state index in [1.165, 1.54) is 77.0 Å². The van der Waals surface area contributed by atoms with Gasteiger partial charge in [-0.05, 0) is 110 Å². The SMILES string of the molecule is CC(C)CN(CCCC=O)CC(C)C.COC(OC)c1ccc(C(=O)NNc2ccccc2)cc1.COC(OC)c1ccc(C(=O)NNc2ccccc2)cc1.COC(OC)c1ccc(C(=O)O)cc1.COC(OC)c1ccc(C(=O)O)cc1.O=Cc1ccc(C(=O)O)cc1. The average Bonchev–Trinajstić information content (AvgIpc) is 1.21. The smallest absolute Gasteiger partial charge is 0.335 e. The molecule has 7 aromatic carbocycles. The minimum Gasteiger partial charge on any atom is -0.478 e. The van der Waals surface area contributed by atoms with Gasteiger partial charge in [-0.25, -0.2) is 14.4 Å². The number of hydrogen-bond donors (Lipinski definition) is 7. The first-order valence-corrected chi connectivity index (χ1v) is 29.9. The van der Waals surface area contributed by atoms with Gasteiger partial charge >= 0.3 is 17.9 Å². The molecule has 0 radical (unpaired) electrons. The molecule has 0 aliphatic carbocycles. The zero-order chi connectivity index (χ0) is 70.5. The molecule has 7 aromatic rings. The zero-order valence-corrected chi connectivity index (χ0v) is 55.9. The van der Waals surface area contributed by atoms with Crippen molar-refractivity contribution < 1.29 is 86.8 Å². The van der Waals surface area contributed by atoms with Crippen molar-refractivity contribution in [3.05, 3.63) is 238 Å². The van der Waals surface area contributed by atoms with Crippen molar-refractivity contribution in [2.45, 2.75) is 65.7 Å². The first-order chi connectivity index (χ1) is 45.6. The van der Waals surface area contributed by atoms with Gasteiger partial charge in [0.25, 0.3) is 11.8 Å². The number of benzene rings is 7. The van der Waals surface area contributed by atoms with E-state index in [4.69, 9.17) is 53.2 Å². The number of nitrogens with one attached hydrogen (secondary N) is 4. The molecule has 0 saturated heterocycles. The molecule has 0 aliphatic rings. The largest absolute Gasteiger partial charge is 0.478 e. The maximum Gasteiger partial charge on any atom is 0.335 e. The van der Waals surface area contributed by atoms with Crippen molar-refractivity contribution in [2.75, 3.05) is 87.4 Å². The Kier molecular flexibility index (Phi) is 40.7. The molecule has 7 N–H and O–H groups in total. The van der Waals surface area contributed by atoms with Crippen LogP contribution in [-0.4, -0.2) is 139 Å². The average molecular weight is 1310 g/mol. The van der Waals surface area contributed by atoms with E-state index in [9.17, 15) is 33.6 Å². The standard InChI is InChI=1S/2C16H18N2O3.C12H25NO.2C10H12O4.C8H6O3/c2*1-20-16(21-2)13-10-8-12(9-11-13)15(19)18-17-14-6-4-3-5-7-14;1-11(2)9-13(10-12(3)4)7-5-6-8-14;2*1-13-10(14-2)8-5-3-7(4-6-8)9(11)12;9-5-6-1-3-7(4-2-6)8(10)11/h2*3-11,16-17H,1-2H3,(H,18,19);8,11-12H,5-7,9-10H2,1-4H3;2*3-6,10H,1-2H3,(H,11,12);1-5H,(H,10,11). The summed E-state index contributed by atoms with van der Waals surface area (Å²) < 4.78 is 40.7. The first-order valence-electron chi connectivity index (χ1n) is 29.9. The van der Waals surface area contributed by atoms with Crippen molar-refractivity contribution in [3.63, 3.8) is 0 Å². The van der Waals surface area contributed by atoms with Crippen LogP contribution in [0, 0.1) is 11.8 Å². The number of ether oxygens (including phenoxy) is 8. The number of carbonyl (C=O) groups is 7. The van der Waals surface area contributed by atoms with Crippen LogP contribution >= 0.6 is 0 Å². The monoisotopic (exact) mass is 1310 g/mol. The Bertz CT molecular complexity index is 3070. The number of amides is 2. The highest BCUT2D eigenvalue weighted by atomic mass is 16.7. The number of hydrogen-bond acceptors (Lipinski definition) is 18. The van der Waals surface area contributed by atoms with Crippen molar-refractivity contribution in [2.24, 2.45) is 11.8 Å². The van der Waals surface area contributed by atoms with E-state index in [0.29, 0.717) is 41.2 Å². The summed E-state index contributed by atoms with van der Waals surface area (Å²) in [5, 5.41) is 25.8. The summed E-state index contributed by atoms with van der Waals surface area (Å²) in [6, 6.07) is 51.4. The summed E-state index contributed by atoms with van der Waals surface area (Å²) in [5.41, 5.74) is 18.2. The lowest BCUT2D eigenvalue weighted by molar-refractivity contribution is -0.108. The van der Waals surface area contributed by atoms with Gasteiger partial charge in [-0.1, -0.05) is 125 Å². The lowest BCUT2D eigenvalue weighted by Gasteiger charge is -2.25. The Morgan fingerprint density at radius 2 is 0.653 bits per heavy atom. The summed E-state index contributed by atoms with van der Waals surface area (Å²) in [7, 11) is 12.4. The van der Waals surface area contributed by atoms with E-state index in [1.54, 1.807) is 101 Å². The van der Waals surface area contributed by atoms with Crippen molar-refractivity contribution in [1.29, 1.82) is 0 Å². The summed E-state index contributed by atoms with van der Waals surface area (Å²) in [5.74, 6) is -1.86. The molecule has 95 heavy (non-hydrogen) atoms. The van der Waals surface area contributed by atoms with Crippen molar-refractivity contribution in [1.82, 2.24) is 15.8 Å². The van der Waals surface area contributed by atoms with Gasteiger partial charge in [-0.2, -0.15) is 0 Å². The normalized spacial score (nSPS) is 10.5. The molecule has 7 rings (SSSR count). The van der Waals surface area contributed by atoms with E-state index >= 15 is 0 Å². The fraction of sp³-hybridized carbons (Fsp3) is 0.319. The topological polar surface area (TPSA) is 305 Å². The minimum absolute atomic E-state index is 0.190. The predicted molar refractivity (Wildman–Crippen MR) is 362 cm³/mol. The number of hydrazine groups is 2. The van der Waals surface area contributed by atoms with Crippen LogP contribution in [-0.2, 0) is 42.7 Å². The molecule has 0 saturated carbocycles. The number of carboxylic acid groups (broad SMARTS) is 3. The van der Waals surface area contributed by atoms with Gasteiger partial charge in [0.2, 0.25) is 0 Å². The highest BCUT2D eigenvalue weighted by molar-refractivity contribution is 5.95. The fourth-order valence-corrected chi connectivity index (χ4v) is 8.46. The van der Waals surface area contributed by atoms with Crippen LogP contribution in [0.2, 0.25) is 0 Å². The van der Waals surface area contributed by atoms with Crippen LogP contribution in [0.15, 0.2) is 182 Å². The maximum atomic E-state index is 12.0.